The summed E-state index contributed by atoms with van der Waals surface area (Å²) >= 11 is 0. The Morgan fingerprint density at radius 2 is 1.89 bits per heavy atom. The fraction of sp³-hybridized carbons (Fsp3) is 0.450. The van der Waals surface area contributed by atoms with Crippen LogP contribution in [0.4, 0.5) is 0 Å². The number of oxazole rings is 1. The van der Waals surface area contributed by atoms with E-state index in [0.717, 1.165) is 24.2 Å². The van der Waals surface area contributed by atoms with E-state index in [4.69, 9.17) is 4.42 Å². The fourth-order valence-corrected chi connectivity index (χ4v) is 2.36. The average Bonchev–Trinajstić information content (AvgIpc) is 3.14. The average molecular weight is 371 g/mol. The number of amides is 1. The van der Waals surface area contributed by atoms with Crippen molar-refractivity contribution >= 4 is 11.9 Å². The lowest BCUT2D eigenvalue weighted by Gasteiger charge is -2.10. The molecule has 0 saturated heterocycles. The van der Waals surface area contributed by atoms with Gasteiger partial charge in [-0.3, -0.25) is 4.79 Å². The Morgan fingerprint density at radius 1 is 1.11 bits per heavy atom. The summed E-state index contributed by atoms with van der Waals surface area (Å²) in [6.07, 6.45) is 2.97. The lowest BCUT2D eigenvalue weighted by atomic mass is 10.1. The summed E-state index contributed by atoms with van der Waals surface area (Å²) in [6, 6.07) is 8.04. The lowest BCUT2D eigenvalue weighted by molar-refractivity contribution is -0.120. The van der Waals surface area contributed by atoms with Crippen LogP contribution >= 0.6 is 0 Å². The molecule has 7 nitrogen and oxygen atoms in total. The van der Waals surface area contributed by atoms with Crippen molar-refractivity contribution < 1.29 is 9.21 Å². The van der Waals surface area contributed by atoms with Gasteiger partial charge < -0.3 is 20.4 Å². The van der Waals surface area contributed by atoms with Gasteiger partial charge in [0.15, 0.2) is 5.96 Å². The van der Waals surface area contributed by atoms with Crippen LogP contribution in [-0.2, 0) is 11.3 Å². The first-order valence-electron chi connectivity index (χ1n) is 9.42. The van der Waals surface area contributed by atoms with Crippen LogP contribution in [0.15, 0.2) is 39.9 Å². The SMILES string of the molecule is CCCNC(=O)CCNC(=NCc1coc(-c2ccc(C)cc2)n1)NCC. The van der Waals surface area contributed by atoms with Crippen molar-refractivity contribution in [2.24, 2.45) is 4.99 Å². The number of carbonyl (C=O) groups excluding carboxylic acids is 1. The Labute approximate surface area is 160 Å². The van der Waals surface area contributed by atoms with Crippen LogP contribution in [0.2, 0.25) is 0 Å². The quantitative estimate of drug-likeness (QED) is 0.466. The molecule has 27 heavy (non-hydrogen) atoms. The second-order valence-electron chi connectivity index (χ2n) is 6.23. The van der Waals surface area contributed by atoms with E-state index in [0.29, 0.717) is 37.9 Å². The van der Waals surface area contributed by atoms with E-state index in [-0.39, 0.29) is 5.91 Å². The van der Waals surface area contributed by atoms with Crippen LogP contribution < -0.4 is 16.0 Å². The van der Waals surface area contributed by atoms with Gasteiger partial charge in [0.05, 0.1) is 6.54 Å². The van der Waals surface area contributed by atoms with Crippen molar-refractivity contribution in [1.29, 1.82) is 0 Å². The van der Waals surface area contributed by atoms with Crippen LogP contribution in [0.3, 0.4) is 0 Å². The highest BCUT2D eigenvalue weighted by molar-refractivity contribution is 5.81. The van der Waals surface area contributed by atoms with Gasteiger partial charge in [-0.2, -0.15) is 0 Å². The summed E-state index contributed by atoms with van der Waals surface area (Å²) in [5.41, 5.74) is 2.89. The number of hydrogen-bond acceptors (Lipinski definition) is 4. The number of aryl methyl sites for hydroxylation is 1. The highest BCUT2D eigenvalue weighted by Crippen LogP contribution is 2.19. The van der Waals surface area contributed by atoms with E-state index in [1.54, 1.807) is 6.26 Å². The van der Waals surface area contributed by atoms with Crippen LogP contribution in [0.5, 0.6) is 0 Å². The molecule has 0 fully saturated rings. The van der Waals surface area contributed by atoms with E-state index in [2.05, 4.69) is 25.9 Å². The van der Waals surface area contributed by atoms with Gasteiger partial charge >= 0.3 is 0 Å². The normalized spacial score (nSPS) is 11.3. The van der Waals surface area contributed by atoms with Crippen LogP contribution in [0, 0.1) is 6.92 Å². The van der Waals surface area contributed by atoms with Gasteiger partial charge in [-0.25, -0.2) is 9.98 Å². The molecule has 3 N–H and O–H groups in total. The number of rotatable bonds is 9. The minimum Gasteiger partial charge on any atom is -0.444 e. The molecule has 0 radical (unpaired) electrons. The molecule has 2 aromatic rings. The van der Waals surface area contributed by atoms with Crippen molar-refractivity contribution in [2.75, 3.05) is 19.6 Å². The maximum absolute atomic E-state index is 11.6. The summed E-state index contributed by atoms with van der Waals surface area (Å²) in [5.74, 6) is 1.28. The smallest absolute Gasteiger partial charge is 0.226 e. The van der Waals surface area contributed by atoms with E-state index < -0.39 is 0 Å². The predicted molar refractivity (Wildman–Crippen MR) is 107 cm³/mol. The minimum atomic E-state index is 0.0411. The Kier molecular flexibility index (Phi) is 8.35. The zero-order valence-corrected chi connectivity index (χ0v) is 16.3. The van der Waals surface area contributed by atoms with Gasteiger partial charge in [-0.05, 0) is 32.4 Å². The number of carbonyl (C=O) groups is 1. The third-order valence-electron chi connectivity index (χ3n) is 3.81. The molecule has 146 valence electrons. The molecule has 1 aromatic heterocycles. The van der Waals surface area contributed by atoms with Crippen molar-refractivity contribution in [2.45, 2.75) is 40.2 Å². The fourth-order valence-electron chi connectivity index (χ4n) is 2.36. The molecule has 0 unspecified atom stereocenters. The second-order valence-corrected chi connectivity index (χ2v) is 6.23. The Morgan fingerprint density at radius 3 is 2.59 bits per heavy atom. The van der Waals surface area contributed by atoms with Gasteiger partial charge in [0.1, 0.15) is 12.0 Å². The summed E-state index contributed by atoms with van der Waals surface area (Å²) in [6.45, 7) is 8.44. The maximum atomic E-state index is 11.6. The molecule has 0 bridgehead atoms. The molecule has 0 aliphatic rings. The molecule has 1 aromatic carbocycles. The van der Waals surface area contributed by atoms with Gasteiger partial charge in [-0.15, -0.1) is 0 Å². The first-order chi connectivity index (χ1) is 13.1. The number of nitrogens with one attached hydrogen (secondary N) is 3. The van der Waals surface area contributed by atoms with Gasteiger partial charge in [0.2, 0.25) is 11.8 Å². The topological polar surface area (TPSA) is 91.5 Å². The number of aromatic nitrogens is 1. The van der Waals surface area contributed by atoms with E-state index >= 15 is 0 Å². The van der Waals surface area contributed by atoms with E-state index in [1.807, 2.05) is 45.0 Å². The van der Waals surface area contributed by atoms with Crippen molar-refractivity contribution in [3.63, 3.8) is 0 Å². The standard InChI is InChI=1S/C20H29N5O2/c1-4-11-22-18(26)10-12-23-20(21-5-2)24-13-17-14-27-19(25-17)16-8-6-15(3)7-9-16/h6-9,14H,4-5,10-13H2,1-3H3,(H,22,26)(H2,21,23,24). The van der Waals surface area contributed by atoms with Gasteiger partial charge in [-0.1, -0.05) is 24.6 Å². The molecule has 0 saturated carbocycles. The molecular formula is C20H29N5O2. The minimum absolute atomic E-state index is 0.0411. The highest BCUT2D eigenvalue weighted by atomic mass is 16.3. The number of hydrogen-bond donors (Lipinski definition) is 3. The van der Waals surface area contributed by atoms with Crippen molar-refractivity contribution in [3.05, 3.63) is 41.8 Å². The van der Waals surface area contributed by atoms with Crippen molar-refractivity contribution in [3.8, 4) is 11.5 Å². The van der Waals surface area contributed by atoms with Crippen molar-refractivity contribution in [1.82, 2.24) is 20.9 Å². The Bertz CT molecular complexity index is 737. The summed E-state index contributed by atoms with van der Waals surface area (Å²) in [4.78, 5) is 20.6. The predicted octanol–water partition coefficient (Wildman–Crippen LogP) is 2.62. The number of benzene rings is 1. The molecule has 1 heterocycles. The lowest BCUT2D eigenvalue weighted by Crippen LogP contribution is -2.39. The Hall–Kier alpha value is -2.83. The monoisotopic (exact) mass is 371 g/mol. The number of aliphatic imine (C=N–C) groups is 1. The molecule has 0 aliphatic heterocycles. The van der Waals surface area contributed by atoms with Crippen LogP contribution in [-0.4, -0.2) is 36.5 Å². The summed E-state index contributed by atoms with van der Waals surface area (Å²) in [7, 11) is 0. The first kappa shape index (κ1) is 20.5. The zero-order valence-electron chi connectivity index (χ0n) is 16.3. The number of guanidine groups is 1. The zero-order chi connectivity index (χ0) is 19.5. The molecule has 0 aliphatic carbocycles. The van der Waals surface area contributed by atoms with E-state index in [1.165, 1.54) is 5.56 Å². The largest absolute Gasteiger partial charge is 0.444 e. The Balaban J connectivity index is 1.88. The van der Waals surface area contributed by atoms with Gasteiger partial charge in [0, 0.05) is 31.6 Å². The van der Waals surface area contributed by atoms with Crippen LogP contribution in [0.1, 0.15) is 37.9 Å². The molecule has 0 spiro atoms. The molecular weight excluding hydrogens is 342 g/mol. The third kappa shape index (κ3) is 7.13. The summed E-state index contributed by atoms with van der Waals surface area (Å²) < 4.78 is 5.56. The third-order valence-corrected chi connectivity index (χ3v) is 3.81. The molecule has 1 amide bonds. The first-order valence-corrected chi connectivity index (χ1v) is 9.42. The maximum Gasteiger partial charge on any atom is 0.226 e. The van der Waals surface area contributed by atoms with E-state index in [9.17, 15) is 4.79 Å². The van der Waals surface area contributed by atoms with Crippen LogP contribution in [0.25, 0.3) is 11.5 Å². The molecule has 2 rings (SSSR count). The molecule has 7 heteroatoms. The summed E-state index contributed by atoms with van der Waals surface area (Å²) in [5, 5.41) is 9.18. The molecule has 0 atom stereocenters. The second kappa shape index (κ2) is 11.0. The van der Waals surface area contributed by atoms with Gasteiger partial charge in [0.25, 0.3) is 0 Å². The number of nitrogens with zero attached hydrogens (tertiary/aromatic N) is 2. The highest BCUT2D eigenvalue weighted by Gasteiger charge is 2.07.